The van der Waals surface area contributed by atoms with E-state index in [9.17, 15) is 9.90 Å². The summed E-state index contributed by atoms with van der Waals surface area (Å²) < 4.78 is 0. The number of aliphatic hydroxyl groups excluding tert-OH is 1. The van der Waals surface area contributed by atoms with Gasteiger partial charge in [0.1, 0.15) is 0 Å². The molecule has 2 heterocycles. The number of piperidine rings is 1. The van der Waals surface area contributed by atoms with Crippen molar-refractivity contribution in [3.8, 4) is 0 Å². The highest BCUT2D eigenvalue weighted by Crippen LogP contribution is 2.21. The molecular formula is C20H31N3O2. The lowest BCUT2D eigenvalue weighted by molar-refractivity contribution is 0.0733. The Morgan fingerprint density at radius 3 is 2.80 bits per heavy atom. The smallest absolute Gasteiger partial charge is 0.317 e. The van der Waals surface area contributed by atoms with E-state index in [-0.39, 0.29) is 18.1 Å². The van der Waals surface area contributed by atoms with Crippen LogP contribution in [0.4, 0.5) is 4.79 Å². The summed E-state index contributed by atoms with van der Waals surface area (Å²) in [7, 11) is 0. The molecule has 3 rings (SSSR count). The first-order valence-electron chi connectivity index (χ1n) is 9.56. The number of carbonyl (C=O) groups excluding carboxylic acids is 1. The first kappa shape index (κ1) is 18.2. The van der Waals surface area contributed by atoms with Gasteiger partial charge in [0.05, 0.1) is 6.10 Å². The molecule has 0 bridgehead atoms. The molecule has 2 N–H and O–H groups in total. The third-order valence-corrected chi connectivity index (χ3v) is 5.76. The van der Waals surface area contributed by atoms with E-state index in [0.29, 0.717) is 19.1 Å². The molecule has 2 aliphatic rings. The van der Waals surface area contributed by atoms with E-state index >= 15 is 0 Å². The third-order valence-electron chi connectivity index (χ3n) is 5.76. The molecule has 0 spiro atoms. The molecule has 1 saturated heterocycles. The summed E-state index contributed by atoms with van der Waals surface area (Å²) in [6, 6.07) is 8.95. The number of hydrogen-bond donors (Lipinski definition) is 2. The molecule has 1 fully saturated rings. The van der Waals surface area contributed by atoms with E-state index in [1.807, 2.05) is 11.8 Å². The summed E-state index contributed by atoms with van der Waals surface area (Å²) in [5.41, 5.74) is 2.86. The maximum absolute atomic E-state index is 12.5. The van der Waals surface area contributed by atoms with Crippen LogP contribution in [0.25, 0.3) is 0 Å². The van der Waals surface area contributed by atoms with Gasteiger partial charge in [-0.2, -0.15) is 0 Å². The number of nitrogens with zero attached hydrogens (tertiary/aromatic N) is 2. The van der Waals surface area contributed by atoms with Crippen molar-refractivity contribution in [2.45, 2.75) is 51.8 Å². The molecule has 2 amide bonds. The number of carbonyl (C=O) groups is 1. The molecule has 0 saturated carbocycles. The zero-order chi connectivity index (χ0) is 17.8. The van der Waals surface area contributed by atoms with Gasteiger partial charge in [-0.3, -0.25) is 4.90 Å². The second-order valence-corrected chi connectivity index (χ2v) is 7.61. The number of rotatable bonds is 4. The number of hydrogen-bond acceptors (Lipinski definition) is 3. The number of benzene rings is 1. The summed E-state index contributed by atoms with van der Waals surface area (Å²) in [6.07, 6.45) is 2.71. The fourth-order valence-corrected chi connectivity index (χ4v) is 3.96. The number of fused-ring (bicyclic) bond motifs is 1. The number of amides is 2. The lowest BCUT2D eigenvalue weighted by Gasteiger charge is -2.36. The summed E-state index contributed by atoms with van der Waals surface area (Å²) in [4.78, 5) is 16.8. The van der Waals surface area contributed by atoms with Gasteiger partial charge < -0.3 is 15.3 Å². The van der Waals surface area contributed by atoms with Gasteiger partial charge in [0, 0.05) is 44.7 Å². The lowest BCUT2D eigenvalue weighted by Crippen LogP contribution is -2.50. The molecule has 3 atom stereocenters. The van der Waals surface area contributed by atoms with Crippen molar-refractivity contribution in [3.63, 3.8) is 0 Å². The summed E-state index contributed by atoms with van der Waals surface area (Å²) >= 11 is 0. The minimum absolute atomic E-state index is 0.00890. The predicted molar refractivity (Wildman–Crippen MR) is 99.4 cm³/mol. The molecule has 5 nitrogen and oxygen atoms in total. The van der Waals surface area contributed by atoms with Gasteiger partial charge in [-0.15, -0.1) is 0 Å². The Labute approximate surface area is 151 Å². The molecule has 0 aliphatic carbocycles. The van der Waals surface area contributed by atoms with Crippen LogP contribution in [-0.4, -0.2) is 59.3 Å². The van der Waals surface area contributed by atoms with Gasteiger partial charge in [0.2, 0.25) is 0 Å². The van der Waals surface area contributed by atoms with E-state index in [2.05, 4.69) is 41.4 Å². The van der Waals surface area contributed by atoms with E-state index in [4.69, 9.17) is 0 Å². The molecule has 25 heavy (non-hydrogen) atoms. The van der Waals surface area contributed by atoms with Crippen LogP contribution in [0.1, 0.15) is 37.8 Å². The number of aliphatic hydroxyl groups is 1. The number of urea groups is 1. The molecular weight excluding hydrogens is 314 g/mol. The van der Waals surface area contributed by atoms with Gasteiger partial charge in [0.15, 0.2) is 0 Å². The second kappa shape index (κ2) is 8.19. The van der Waals surface area contributed by atoms with Crippen molar-refractivity contribution in [2.24, 2.45) is 5.92 Å². The van der Waals surface area contributed by atoms with Crippen molar-refractivity contribution in [2.75, 3.05) is 26.2 Å². The zero-order valence-electron chi connectivity index (χ0n) is 15.4. The average molecular weight is 345 g/mol. The Hall–Kier alpha value is -1.59. The van der Waals surface area contributed by atoms with Crippen molar-refractivity contribution >= 4 is 6.03 Å². The van der Waals surface area contributed by atoms with Crippen LogP contribution in [-0.2, 0) is 13.0 Å². The highest BCUT2D eigenvalue weighted by Gasteiger charge is 2.27. The second-order valence-electron chi connectivity index (χ2n) is 7.61. The molecule has 5 heteroatoms. The summed E-state index contributed by atoms with van der Waals surface area (Å²) in [5, 5.41) is 12.9. The highest BCUT2D eigenvalue weighted by molar-refractivity contribution is 5.74. The maximum atomic E-state index is 12.5. The Kier molecular flexibility index (Phi) is 5.97. The molecule has 3 unspecified atom stereocenters. The summed E-state index contributed by atoms with van der Waals surface area (Å²) in [5.74, 6) is 0.204. The first-order valence-corrected chi connectivity index (χ1v) is 9.56. The lowest BCUT2D eigenvalue weighted by atomic mass is 9.94. The summed E-state index contributed by atoms with van der Waals surface area (Å²) in [6.45, 7) is 8.13. The van der Waals surface area contributed by atoms with Crippen molar-refractivity contribution < 1.29 is 9.90 Å². The van der Waals surface area contributed by atoms with Gasteiger partial charge in [-0.05, 0) is 44.2 Å². The average Bonchev–Trinajstić information content (AvgIpc) is 2.65. The quantitative estimate of drug-likeness (QED) is 0.880. The Morgan fingerprint density at radius 1 is 1.28 bits per heavy atom. The number of nitrogens with one attached hydrogen (secondary N) is 1. The fourth-order valence-electron chi connectivity index (χ4n) is 3.96. The Morgan fingerprint density at radius 2 is 2.04 bits per heavy atom. The molecule has 1 aromatic carbocycles. The van der Waals surface area contributed by atoms with Crippen LogP contribution in [0, 0.1) is 5.92 Å². The normalized spacial score (nSPS) is 23.6. The molecule has 138 valence electrons. The van der Waals surface area contributed by atoms with E-state index in [1.54, 1.807) is 0 Å². The monoisotopic (exact) mass is 345 g/mol. The first-order chi connectivity index (χ1) is 12.0. The predicted octanol–water partition coefficient (Wildman–Crippen LogP) is 2.24. The SMILES string of the molecule is CC(O)C1CCCN(C(=O)NCC(C)N2CCc3ccccc3C2)C1. The minimum Gasteiger partial charge on any atom is -0.393 e. The van der Waals surface area contributed by atoms with Gasteiger partial charge in [-0.25, -0.2) is 4.79 Å². The Bertz CT molecular complexity index is 590. The van der Waals surface area contributed by atoms with Gasteiger partial charge >= 0.3 is 6.03 Å². The maximum Gasteiger partial charge on any atom is 0.317 e. The Balaban J connectivity index is 1.47. The molecule has 0 aromatic heterocycles. The van der Waals surface area contributed by atoms with Crippen LogP contribution < -0.4 is 5.32 Å². The largest absolute Gasteiger partial charge is 0.393 e. The highest BCUT2D eigenvalue weighted by atomic mass is 16.3. The van der Waals surface area contributed by atoms with Crippen molar-refractivity contribution in [1.82, 2.24) is 15.1 Å². The van der Waals surface area contributed by atoms with Gasteiger partial charge in [-0.1, -0.05) is 24.3 Å². The third kappa shape index (κ3) is 4.53. The van der Waals surface area contributed by atoms with Crippen LogP contribution in [0.3, 0.4) is 0 Å². The molecule has 2 aliphatic heterocycles. The van der Waals surface area contributed by atoms with E-state index in [0.717, 1.165) is 38.9 Å². The standard InChI is InChI=1S/C20H31N3O2/c1-15(22-11-9-17-6-3-4-7-19(17)14-22)12-21-20(25)23-10-5-8-18(13-23)16(2)24/h3-4,6-7,15-16,18,24H,5,8-14H2,1-2H3,(H,21,25). The van der Waals surface area contributed by atoms with Crippen LogP contribution in [0.15, 0.2) is 24.3 Å². The van der Waals surface area contributed by atoms with E-state index in [1.165, 1.54) is 11.1 Å². The number of likely N-dealkylation sites (tertiary alicyclic amines) is 1. The van der Waals surface area contributed by atoms with Crippen LogP contribution in [0.5, 0.6) is 0 Å². The van der Waals surface area contributed by atoms with Crippen LogP contribution >= 0.6 is 0 Å². The van der Waals surface area contributed by atoms with Crippen molar-refractivity contribution in [1.29, 1.82) is 0 Å². The molecule has 1 aromatic rings. The minimum atomic E-state index is -0.344. The topological polar surface area (TPSA) is 55.8 Å². The fraction of sp³-hybridized carbons (Fsp3) is 0.650. The van der Waals surface area contributed by atoms with Gasteiger partial charge in [0.25, 0.3) is 0 Å². The van der Waals surface area contributed by atoms with Crippen molar-refractivity contribution in [3.05, 3.63) is 35.4 Å². The zero-order valence-corrected chi connectivity index (χ0v) is 15.4. The molecule has 0 radical (unpaired) electrons. The van der Waals surface area contributed by atoms with E-state index < -0.39 is 0 Å². The van der Waals surface area contributed by atoms with Crippen LogP contribution in [0.2, 0.25) is 0 Å².